The van der Waals surface area contributed by atoms with Crippen LogP contribution >= 0.6 is 11.3 Å². The molecule has 3 aromatic heterocycles. The summed E-state index contributed by atoms with van der Waals surface area (Å²) < 4.78 is 6.31. The van der Waals surface area contributed by atoms with Gasteiger partial charge in [0.05, 0.1) is 18.3 Å². The largest absolute Gasteiger partial charge is 0.360 e. The number of thiophene rings is 1. The summed E-state index contributed by atoms with van der Waals surface area (Å²) in [5.74, 6) is 0.244. The van der Waals surface area contributed by atoms with Crippen LogP contribution in [0.15, 0.2) is 21.7 Å². The Kier molecular flexibility index (Phi) is 5.59. The van der Waals surface area contributed by atoms with Gasteiger partial charge < -0.3 is 14.7 Å². The Hall–Kier alpha value is -3.01. The summed E-state index contributed by atoms with van der Waals surface area (Å²) in [5.41, 5.74) is 0.775. The van der Waals surface area contributed by atoms with E-state index >= 15 is 0 Å². The minimum absolute atomic E-state index is 0.0854. The van der Waals surface area contributed by atoms with Gasteiger partial charge in [0, 0.05) is 31.0 Å². The first-order valence-electron chi connectivity index (χ1n) is 8.68. The maximum Gasteiger partial charge on any atom is 0.262 e. The van der Waals surface area contributed by atoms with Gasteiger partial charge in [-0.2, -0.15) is 0 Å². The predicted molar refractivity (Wildman–Crippen MR) is 105 cm³/mol. The molecule has 0 saturated carbocycles. The van der Waals surface area contributed by atoms with Crippen molar-refractivity contribution in [2.75, 3.05) is 18.9 Å². The monoisotopic (exact) mass is 403 g/mol. The van der Waals surface area contributed by atoms with Gasteiger partial charge >= 0.3 is 0 Å². The second kappa shape index (κ2) is 7.93. The van der Waals surface area contributed by atoms with Crippen molar-refractivity contribution >= 4 is 39.2 Å². The van der Waals surface area contributed by atoms with Crippen LogP contribution in [0.1, 0.15) is 22.6 Å². The summed E-state index contributed by atoms with van der Waals surface area (Å²) in [6, 6.07) is 1.59. The van der Waals surface area contributed by atoms with Crippen LogP contribution in [0.25, 0.3) is 10.2 Å². The second-order valence-electron chi connectivity index (χ2n) is 6.58. The van der Waals surface area contributed by atoms with E-state index in [1.807, 2.05) is 13.8 Å². The number of aryl methyl sites for hydroxylation is 4. The number of rotatable bonds is 6. The normalized spacial score (nSPS) is 11.0. The smallest absolute Gasteiger partial charge is 0.262 e. The van der Waals surface area contributed by atoms with Crippen LogP contribution < -0.4 is 10.9 Å². The second-order valence-corrected chi connectivity index (χ2v) is 7.78. The molecule has 10 heteroatoms. The number of fused-ring (bicyclic) bond motifs is 1. The van der Waals surface area contributed by atoms with E-state index in [2.05, 4.69) is 15.5 Å². The van der Waals surface area contributed by atoms with Crippen molar-refractivity contribution in [3.8, 4) is 0 Å². The molecular weight excluding hydrogens is 382 g/mol. The maximum atomic E-state index is 12.7. The van der Waals surface area contributed by atoms with E-state index in [0.717, 1.165) is 10.4 Å². The summed E-state index contributed by atoms with van der Waals surface area (Å²) in [7, 11) is 1.53. The molecule has 0 aliphatic heterocycles. The first-order chi connectivity index (χ1) is 13.3. The highest BCUT2D eigenvalue weighted by molar-refractivity contribution is 7.18. The molecule has 0 saturated heterocycles. The van der Waals surface area contributed by atoms with Crippen molar-refractivity contribution < 1.29 is 14.1 Å². The van der Waals surface area contributed by atoms with Crippen LogP contribution in [0.2, 0.25) is 0 Å². The Balaban J connectivity index is 1.59. The third-order valence-electron chi connectivity index (χ3n) is 4.42. The van der Waals surface area contributed by atoms with Crippen molar-refractivity contribution in [3.63, 3.8) is 0 Å². The molecule has 2 amide bonds. The van der Waals surface area contributed by atoms with Gasteiger partial charge in [0.25, 0.3) is 5.56 Å². The van der Waals surface area contributed by atoms with Crippen LogP contribution in [0.5, 0.6) is 0 Å². The Bertz CT molecular complexity index is 1100. The molecule has 148 valence electrons. The predicted octanol–water partition coefficient (Wildman–Crippen LogP) is 1.86. The third-order valence-corrected chi connectivity index (χ3v) is 5.54. The lowest BCUT2D eigenvalue weighted by Gasteiger charge is -2.16. The zero-order chi connectivity index (χ0) is 20.4. The lowest BCUT2D eigenvalue weighted by Crippen LogP contribution is -2.36. The number of nitrogens with one attached hydrogen (secondary N) is 1. The number of hydrogen-bond donors (Lipinski definition) is 1. The molecule has 0 fully saturated rings. The fraction of sp³-hybridized carbons (Fsp3) is 0.389. The number of likely N-dealkylation sites (N-methyl/N-ethyl adjacent to an activating group) is 1. The van der Waals surface area contributed by atoms with Crippen LogP contribution in [0.4, 0.5) is 5.82 Å². The highest BCUT2D eigenvalue weighted by Gasteiger charge is 2.16. The highest BCUT2D eigenvalue weighted by Crippen LogP contribution is 2.25. The Morgan fingerprint density at radius 2 is 2.07 bits per heavy atom. The van der Waals surface area contributed by atoms with Crippen LogP contribution in [-0.2, 0) is 16.1 Å². The molecule has 0 radical (unpaired) electrons. The van der Waals surface area contributed by atoms with Gasteiger partial charge in [-0.1, -0.05) is 5.16 Å². The van der Waals surface area contributed by atoms with Gasteiger partial charge in [-0.05, 0) is 26.3 Å². The number of anilines is 1. The lowest BCUT2D eigenvalue weighted by atomic mass is 10.2. The molecule has 3 heterocycles. The van der Waals surface area contributed by atoms with Gasteiger partial charge in [0.1, 0.15) is 10.6 Å². The highest BCUT2D eigenvalue weighted by atomic mass is 32.1. The molecule has 0 spiro atoms. The third kappa shape index (κ3) is 4.11. The Morgan fingerprint density at radius 1 is 1.32 bits per heavy atom. The van der Waals surface area contributed by atoms with Crippen LogP contribution in [-0.4, -0.2) is 45.0 Å². The van der Waals surface area contributed by atoms with E-state index in [9.17, 15) is 14.4 Å². The molecule has 0 aliphatic carbocycles. The van der Waals surface area contributed by atoms with Crippen molar-refractivity contribution in [1.29, 1.82) is 0 Å². The van der Waals surface area contributed by atoms with E-state index in [0.29, 0.717) is 21.8 Å². The number of aromatic nitrogens is 3. The minimum atomic E-state index is -0.381. The zero-order valence-corrected chi connectivity index (χ0v) is 16.9. The van der Waals surface area contributed by atoms with E-state index in [1.54, 1.807) is 13.0 Å². The molecule has 0 aliphatic rings. The maximum absolute atomic E-state index is 12.7. The first kappa shape index (κ1) is 19.7. The summed E-state index contributed by atoms with van der Waals surface area (Å²) in [6.07, 6.45) is 1.55. The van der Waals surface area contributed by atoms with E-state index < -0.39 is 0 Å². The summed E-state index contributed by atoms with van der Waals surface area (Å²) in [6.45, 7) is 5.64. The van der Waals surface area contributed by atoms with E-state index in [-0.39, 0.29) is 36.9 Å². The quantitative estimate of drug-likeness (QED) is 0.673. The zero-order valence-electron chi connectivity index (χ0n) is 16.1. The topological polar surface area (TPSA) is 110 Å². The Morgan fingerprint density at radius 3 is 2.75 bits per heavy atom. The van der Waals surface area contributed by atoms with Crippen LogP contribution in [0, 0.1) is 20.8 Å². The van der Waals surface area contributed by atoms with Crippen molar-refractivity contribution in [3.05, 3.63) is 38.9 Å². The SMILES string of the molecule is Cc1cc(NC(=O)CN(C)C(=O)CCn2cnc3sc(C)c(C)c3c2=O)no1. The number of carbonyl (C=O) groups is 2. The molecule has 28 heavy (non-hydrogen) atoms. The minimum Gasteiger partial charge on any atom is -0.360 e. The average Bonchev–Trinajstić information content (AvgIpc) is 3.17. The van der Waals surface area contributed by atoms with Gasteiger partial charge in [-0.3, -0.25) is 19.0 Å². The van der Waals surface area contributed by atoms with Crippen LogP contribution in [0.3, 0.4) is 0 Å². The average molecular weight is 403 g/mol. The van der Waals surface area contributed by atoms with Gasteiger partial charge in [-0.15, -0.1) is 11.3 Å². The molecular formula is C18H21N5O4S. The lowest BCUT2D eigenvalue weighted by molar-refractivity contribution is -0.133. The molecule has 9 nitrogen and oxygen atoms in total. The molecule has 0 bridgehead atoms. The van der Waals surface area contributed by atoms with E-state index in [1.165, 1.54) is 34.2 Å². The summed E-state index contributed by atoms with van der Waals surface area (Å²) in [5, 5.41) is 6.84. The molecule has 0 aromatic carbocycles. The molecule has 3 rings (SSSR count). The number of amides is 2. The first-order valence-corrected chi connectivity index (χ1v) is 9.50. The Labute approximate surface area is 165 Å². The number of nitrogens with zero attached hydrogens (tertiary/aromatic N) is 4. The fourth-order valence-electron chi connectivity index (χ4n) is 2.75. The van der Waals surface area contributed by atoms with Gasteiger partial charge in [-0.25, -0.2) is 4.98 Å². The summed E-state index contributed by atoms with van der Waals surface area (Å²) in [4.78, 5) is 44.4. The van der Waals surface area contributed by atoms with Gasteiger partial charge in [0.2, 0.25) is 11.8 Å². The molecule has 1 N–H and O–H groups in total. The summed E-state index contributed by atoms with van der Waals surface area (Å²) >= 11 is 1.48. The standard InChI is InChI=1S/C18H21N5O4S/c1-10-7-13(21-27-10)20-14(24)8-22(4)15(25)5-6-23-9-19-17-16(18(23)26)11(2)12(3)28-17/h7,9H,5-6,8H2,1-4H3,(H,20,21,24). The van der Waals surface area contributed by atoms with Gasteiger partial charge in [0.15, 0.2) is 5.82 Å². The number of carbonyl (C=O) groups excluding carboxylic acids is 2. The molecule has 0 atom stereocenters. The molecule has 3 aromatic rings. The van der Waals surface area contributed by atoms with E-state index in [4.69, 9.17) is 4.52 Å². The fourth-order valence-corrected chi connectivity index (χ4v) is 3.73. The van der Waals surface area contributed by atoms with Crippen molar-refractivity contribution in [1.82, 2.24) is 19.6 Å². The van der Waals surface area contributed by atoms with Crippen molar-refractivity contribution in [2.24, 2.45) is 0 Å². The number of hydrogen-bond acceptors (Lipinski definition) is 7. The molecule has 0 unspecified atom stereocenters. The van der Waals surface area contributed by atoms with Crippen molar-refractivity contribution in [2.45, 2.75) is 33.7 Å².